The lowest BCUT2D eigenvalue weighted by Gasteiger charge is -2.14. The number of halogens is 1. The van der Waals surface area contributed by atoms with Gasteiger partial charge in [0.15, 0.2) is 0 Å². The molecule has 1 atom stereocenters. The highest BCUT2D eigenvalue weighted by Gasteiger charge is 2.16. The van der Waals surface area contributed by atoms with Gasteiger partial charge in [0.2, 0.25) is 0 Å². The molecule has 0 saturated carbocycles. The number of pyridine rings is 1. The van der Waals surface area contributed by atoms with E-state index < -0.39 is 0 Å². The van der Waals surface area contributed by atoms with Crippen LogP contribution in [0.1, 0.15) is 29.4 Å². The lowest BCUT2D eigenvalue weighted by Crippen LogP contribution is -2.33. The van der Waals surface area contributed by atoms with Crippen molar-refractivity contribution in [3.8, 4) is 0 Å². The molecule has 1 amide bonds. The second-order valence-electron chi connectivity index (χ2n) is 7.22. The number of carbonyl (C=O) groups excluding carboxylic acids is 1. The number of fused-ring (bicyclic) bond motifs is 1. The standard InChI is InChI=1S/C24H22ClN3O2/c1-16(7-8-17-5-3-2-4-6-17)26-24(29)21-15-22-20(13-14-30-22)23(28-21)27-19-11-9-18(25)10-12-19/h2-6,9-16H,7-8H2,1H3,(H,26,29)(H,27,28). The Morgan fingerprint density at radius 2 is 1.87 bits per heavy atom. The van der Waals surface area contributed by atoms with Crippen LogP contribution < -0.4 is 10.6 Å². The molecule has 30 heavy (non-hydrogen) atoms. The van der Waals surface area contributed by atoms with Gasteiger partial charge < -0.3 is 15.1 Å². The van der Waals surface area contributed by atoms with Gasteiger partial charge >= 0.3 is 0 Å². The van der Waals surface area contributed by atoms with Crippen LogP contribution in [0, 0.1) is 0 Å². The molecule has 0 aliphatic heterocycles. The van der Waals surface area contributed by atoms with Crippen molar-refractivity contribution in [2.45, 2.75) is 25.8 Å². The van der Waals surface area contributed by atoms with Gasteiger partial charge in [-0.05, 0) is 55.7 Å². The van der Waals surface area contributed by atoms with E-state index >= 15 is 0 Å². The predicted octanol–water partition coefficient (Wildman–Crippen LogP) is 5.98. The van der Waals surface area contributed by atoms with Gasteiger partial charge in [-0.25, -0.2) is 4.98 Å². The Bertz CT molecular complexity index is 1140. The van der Waals surface area contributed by atoms with E-state index in [0.29, 0.717) is 22.1 Å². The van der Waals surface area contributed by atoms with Crippen molar-refractivity contribution in [1.82, 2.24) is 10.3 Å². The second-order valence-corrected chi connectivity index (χ2v) is 7.66. The molecule has 4 aromatic rings. The molecule has 0 aliphatic rings. The third-order valence-electron chi connectivity index (χ3n) is 4.88. The van der Waals surface area contributed by atoms with E-state index in [4.69, 9.17) is 16.0 Å². The first-order chi connectivity index (χ1) is 14.6. The zero-order valence-corrected chi connectivity index (χ0v) is 17.3. The number of amides is 1. The molecule has 4 rings (SSSR count). The average molecular weight is 420 g/mol. The fraction of sp³-hybridized carbons (Fsp3) is 0.167. The van der Waals surface area contributed by atoms with Crippen LogP contribution in [-0.2, 0) is 6.42 Å². The van der Waals surface area contributed by atoms with E-state index in [-0.39, 0.29) is 11.9 Å². The van der Waals surface area contributed by atoms with E-state index in [1.165, 1.54) is 5.56 Å². The molecule has 2 heterocycles. The third-order valence-corrected chi connectivity index (χ3v) is 5.13. The van der Waals surface area contributed by atoms with Gasteiger partial charge in [0.05, 0.1) is 11.6 Å². The maximum atomic E-state index is 12.8. The van der Waals surface area contributed by atoms with Crippen molar-refractivity contribution in [1.29, 1.82) is 0 Å². The normalized spacial score (nSPS) is 11.9. The summed E-state index contributed by atoms with van der Waals surface area (Å²) in [5, 5.41) is 7.74. The van der Waals surface area contributed by atoms with Crippen molar-refractivity contribution >= 4 is 40.0 Å². The fourth-order valence-corrected chi connectivity index (χ4v) is 3.37. The molecule has 152 valence electrons. The zero-order valence-electron chi connectivity index (χ0n) is 16.6. The average Bonchev–Trinajstić information content (AvgIpc) is 3.24. The highest BCUT2D eigenvalue weighted by atomic mass is 35.5. The molecule has 5 nitrogen and oxygen atoms in total. The van der Waals surface area contributed by atoms with Crippen molar-refractivity contribution in [3.05, 3.63) is 89.3 Å². The summed E-state index contributed by atoms with van der Waals surface area (Å²) in [6.45, 7) is 2.00. The summed E-state index contributed by atoms with van der Waals surface area (Å²) in [7, 11) is 0. The van der Waals surface area contributed by atoms with Crippen LogP contribution in [0.4, 0.5) is 11.5 Å². The van der Waals surface area contributed by atoms with E-state index in [1.54, 1.807) is 24.5 Å². The van der Waals surface area contributed by atoms with Crippen LogP contribution in [0.2, 0.25) is 5.02 Å². The summed E-state index contributed by atoms with van der Waals surface area (Å²) in [6.07, 6.45) is 3.33. The van der Waals surface area contributed by atoms with Gasteiger partial charge in [-0.3, -0.25) is 4.79 Å². The highest BCUT2D eigenvalue weighted by Crippen LogP contribution is 2.27. The van der Waals surface area contributed by atoms with Crippen LogP contribution in [0.25, 0.3) is 11.0 Å². The molecule has 1 unspecified atom stereocenters. The Kier molecular flexibility index (Phi) is 6.00. The van der Waals surface area contributed by atoms with Gasteiger partial charge in [-0.15, -0.1) is 0 Å². The summed E-state index contributed by atoms with van der Waals surface area (Å²) in [6, 6.07) is 21.0. The number of rotatable bonds is 7. The second kappa shape index (κ2) is 9.01. The third kappa shape index (κ3) is 4.81. The van der Waals surface area contributed by atoms with Crippen molar-refractivity contribution in [2.75, 3.05) is 5.32 Å². The van der Waals surface area contributed by atoms with Gasteiger partial charge in [0, 0.05) is 22.8 Å². The van der Waals surface area contributed by atoms with Crippen LogP contribution in [-0.4, -0.2) is 16.9 Å². The predicted molar refractivity (Wildman–Crippen MR) is 120 cm³/mol. The summed E-state index contributed by atoms with van der Waals surface area (Å²) >= 11 is 5.96. The topological polar surface area (TPSA) is 67.2 Å². The van der Waals surface area contributed by atoms with E-state index in [0.717, 1.165) is 23.9 Å². The lowest BCUT2D eigenvalue weighted by molar-refractivity contribution is 0.0933. The number of carbonyl (C=O) groups is 1. The Morgan fingerprint density at radius 1 is 1.10 bits per heavy atom. The van der Waals surface area contributed by atoms with Gasteiger partial charge in [-0.1, -0.05) is 41.9 Å². The van der Waals surface area contributed by atoms with E-state index in [9.17, 15) is 4.79 Å². The highest BCUT2D eigenvalue weighted by molar-refractivity contribution is 6.30. The largest absolute Gasteiger partial charge is 0.464 e. The SMILES string of the molecule is CC(CCc1ccccc1)NC(=O)c1cc2occc2c(Nc2ccc(Cl)cc2)n1. The summed E-state index contributed by atoms with van der Waals surface area (Å²) < 4.78 is 5.54. The van der Waals surface area contributed by atoms with Crippen molar-refractivity contribution in [2.24, 2.45) is 0 Å². The number of nitrogens with zero attached hydrogens (tertiary/aromatic N) is 1. The quantitative estimate of drug-likeness (QED) is 0.387. The molecule has 0 saturated heterocycles. The minimum absolute atomic E-state index is 0.0134. The Hall–Kier alpha value is -3.31. The fourth-order valence-electron chi connectivity index (χ4n) is 3.24. The minimum atomic E-state index is -0.229. The van der Waals surface area contributed by atoms with Crippen LogP contribution in [0.15, 0.2) is 77.4 Å². The molecular formula is C24H22ClN3O2. The summed E-state index contributed by atoms with van der Waals surface area (Å²) in [4.78, 5) is 17.4. The number of furan rings is 1. The Morgan fingerprint density at radius 3 is 2.63 bits per heavy atom. The smallest absolute Gasteiger partial charge is 0.270 e. The Labute approximate surface area is 180 Å². The number of aromatic nitrogens is 1. The molecule has 2 aromatic carbocycles. The first kappa shape index (κ1) is 20.0. The molecule has 0 fully saturated rings. The summed E-state index contributed by atoms with van der Waals surface area (Å²) in [5.74, 6) is 0.332. The first-order valence-corrected chi connectivity index (χ1v) is 10.2. The number of hydrogen-bond donors (Lipinski definition) is 2. The molecule has 0 spiro atoms. The number of hydrogen-bond acceptors (Lipinski definition) is 4. The van der Waals surface area contributed by atoms with Gasteiger partial charge in [0.1, 0.15) is 17.1 Å². The number of nitrogens with one attached hydrogen (secondary N) is 2. The lowest BCUT2D eigenvalue weighted by atomic mass is 10.1. The molecule has 0 bridgehead atoms. The monoisotopic (exact) mass is 419 g/mol. The molecular weight excluding hydrogens is 398 g/mol. The summed E-state index contributed by atoms with van der Waals surface area (Å²) in [5.41, 5.74) is 2.98. The molecule has 2 N–H and O–H groups in total. The van der Waals surface area contributed by atoms with Gasteiger partial charge in [-0.2, -0.15) is 0 Å². The number of anilines is 2. The zero-order chi connectivity index (χ0) is 20.9. The van der Waals surface area contributed by atoms with E-state index in [1.807, 2.05) is 43.3 Å². The van der Waals surface area contributed by atoms with Crippen molar-refractivity contribution < 1.29 is 9.21 Å². The molecule has 0 aliphatic carbocycles. The van der Waals surface area contributed by atoms with Crippen LogP contribution in [0.3, 0.4) is 0 Å². The maximum Gasteiger partial charge on any atom is 0.270 e. The maximum absolute atomic E-state index is 12.8. The first-order valence-electron chi connectivity index (χ1n) is 9.84. The van der Waals surface area contributed by atoms with Crippen LogP contribution in [0.5, 0.6) is 0 Å². The van der Waals surface area contributed by atoms with Gasteiger partial charge in [0.25, 0.3) is 5.91 Å². The molecule has 2 aromatic heterocycles. The number of aryl methyl sites for hydroxylation is 1. The molecule has 6 heteroatoms. The minimum Gasteiger partial charge on any atom is -0.464 e. The van der Waals surface area contributed by atoms with Crippen molar-refractivity contribution in [3.63, 3.8) is 0 Å². The molecule has 0 radical (unpaired) electrons. The van der Waals surface area contributed by atoms with E-state index in [2.05, 4.69) is 27.8 Å². The Balaban J connectivity index is 1.49. The number of benzene rings is 2. The van der Waals surface area contributed by atoms with Crippen LogP contribution >= 0.6 is 11.6 Å².